The Balaban J connectivity index is 1.81. The van der Waals surface area contributed by atoms with Crippen molar-refractivity contribution in [1.29, 1.82) is 0 Å². The predicted molar refractivity (Wildman–Crippen MR) is 77.5 cm³/mol. The van der Waals surface area contributed by atoms with E-state index in [1.807, 2.05) is 13.8 Å². The zero-order chi connectivity index (χ0) is 14.5. The van der Waals surface area contributed by atoms with Crippen molar-refractivity contribution in [2.75, 3.05) is 13.6 Å². The highest BCUT2D eigenvalue weighted by molar-refractivity contribution is 5.79. The van der Waals surface area contributed by atoms with Crippen molar-refractivity contribution in [1.82, 2.24) is 15.8 Å². The van der Waals surface area contributed by atoms with Crippen LogP contribution in [-0.4, -0.2) is 35.9 Å². The van der Waals surface area contributed by atoms with Crippen molar-refractivity contribution in [2.24, 2.45) is 10.9 Å². The van der Waals surface area contributed by atoms with Crippen molar-refractivity contribution in [3.8, 4) is 0 Å². The fourth-order valence-electron chi connectivity index (χ4n) is 2.63. The summed E-state index contributed by atoms with van der Waals surface area (Å²) in [7, 11) is 1.74. The highest BCUT2D eigenvalue weighted by Crippen LogP contribution is 2.24. The molecule has 20 heavy (non-hydrogen) atoms. The lowest BCUT2D eigenvalue weighted by atomic mass is 10.1. The molecule has 1 heterocycles. The van der Waals surface area contributed by atoms with Crippen molar-refractivity contribution in [2.45, 2.75) is 45.8 Å². The summed E-state index contributed by atoms with van der Waals surface area (Å²) in [6, 6.07) is 0. The Morgan fingerprint density at radius 2 is 2.20 bits per heavy atom. The van der Waals surface area contributed by atoms with Gasteiger partial charge in [0, 0.05) is 31.6 Å². The van der Waals surface area contributed by atoms with E-state index >= 15 is 0 Å². The largest absolute Gasteiger partial charge is 0.393 e. The highest BCUT2D eigenvalue weighted by Gasteiger charge is 2.25. The Hall–Kier alpha value is -1.56. The van der Waals surface area contributed by atoms with E-state index in [-0.39, 0.29) is 6.10 Å². The van der Waals surface area contributed by atoms with Crippen LogP contribution < -0.4 is 10.6 Å². The molecule has 0 bridgehead atoms. The van der Waals surface area contributed by atoms with Gasteiger partial charge in [0.05, 0.1) is 11.8 Å². The number of rotatable bonds is 4. The lowest BCUT2D eigenvalue weighted by Gasteiger charge is -2.17. The molecule has 3 N–H and O–H groups in total. The summed E-state index contributed by atoms with van der Waals surface area (Å²) >= 11 is 0. The van der Waals surface area contributed by atoms with E-state index in [0.29, 0.717) is 12.5 Å². The Labute approximate surface area is 119 Å². The standard InChI is InChI=1S/C14H24N4O2/c1-9-12(10(2)20-18-9)8-17-14(15-3)16-7-11-5-4-6-13(11)19/h11,13,19H,4-8H2,1-3H3,(H2,15,16,17). The third-order valence-corrected chi connectivity index (χ3v) is 3.99. The Kier molecular flexibility index (Phi) is 5.00. The fraction of sp³-hybridized carbons (Fsp3) is 0.714. The number of guanidine groups is 1. The summed E-state index contributed by atoms with van der Waals surface area (Å²) in [5.74, 6) is 1.90. The van der Waals surface area contributed by atoms with Gasteiger partial charge >= 0.3 is 0 Å². The molecule has 0 spiro atoms. The minimum atomic E-state index is -0.178. The van der Waals surface area contributed by atoms with Gasteiger partial charge in [-0.3, -0.25) is 4.99 Å². The molecule has 1 aliphatic carbocycles. The van der Waals surface area contributed by atoms with Gasteiger partial charge in [-0.05, 0) is 26.7 Å². The van der Waals surface area contributed by atoms with Crippen LogP contribution in [0, 0.1) is 19.8 Å². The van der Waals surface area contributed by atoms with Crippen LogP contribution in [0.2, 0.25) is 0 Å². The first-order valence-electron chi connectivity index (χ1n) is 7.16. The van der Waals surface area contributed by atoms with Crippen LogP contribution in [0.3, 0.4) is 0 Å². The number of nitrogens with zero attached hydrogens (tertiary/aromatic N) is 2. The number of hydrogen-bond donors (Lipinski definition) is 3. The second-order valence-corrected chi connectivity index (χ2v) is 5.37. The molecule has 1 aromatic rings. The molecule has 1 fully saturated rings. The zero-order valence-electron chi connectivity index (χ0n) is 12.4. The van der Waals surface area contributed by atoms with E-state index < -0.39 is 0 Å². The number of aryl methyl sites for hydroxylation is 2. The third-order valence-electron chi connectivity index (χ3n) is 3.99. The molecule has 2 rings (SSSR count). The molecule has 0 amide bonds. The van der Waals surface area contributed by atoms with Gasteiger partial charge in [-0.25, -0.2) is 0 Å². The van der Waals surface area contributed by atoms with E-state index in [9.17, 15) is 5.11 Å². The number of aliphatic hydroxyl groups is 1. The van der Waals surface area contributed by atoms with Crippen LogP contribution in [0.5, 0.6) is 0 Å². The van der Waals surface area contributed by atoms with Crippen molar-refractivity contribution in [3.63, 3.8) is 0 Å². The summed E-state index contributed by atoms with van der Waals surface area (Å²) in [6.07, 6.45) is 2.92. The summed E-state index contributed by atoms with van der Waals surface area (Å²) in [5, 5.41) is 20.3. The first kappa shape index (κ1) is 14.8. The molecule has 1 aliphatic rings. The van der Waals surface area contributed by atoms with Gasteiger partial charge in [-0.1, -0.05) is 11.6 Å². The SMILES string of the molecule is CN=C(NCc1c(C)noc1C)NCC1CCCC1O. The van der Waals surface area contributed by atoms with Crippen molar-refractivity contribution >= 4 is 5.96 Å². The fourth-order valence-corrected chi connectivity index (χ4v) is 2.63. The maximum atomic E-state index is 9.81. The summed E-state index contributed by atoms with van der Waals surface area (Å²) < 4.78 is 5.13. The topological polar surface area (TPSA) is 82.7 Å². The zero-order valence-corrected chi connectivity index (χ0v) is 12.4. The van der Waals surface area contributed by atoms with E-state index in [1.54, 1.807) is 7.05 Å². The van der Waals surface area contributed by atoms with Crippen LogP contribution in [0.4, 0.5) is 0 Å². The molecule has 1 saturated carbocycles. The molecule has 6 nitrogen and oxygen atoms in total. The quantitative estimate of drug-likeness (QED) is 0.568. The number of aromatic nitrogens is 1. The first-order valence-corrected chi connectivity index (χ1v) is 7.16. The average Bonchev–Trinajstić information content (AvgIpc) is 2.98. The average molecular weight is 280 g/mol. The maximum Gasteiger partial charge on any atom is 0.191 e. The summed E-state index contributed by atoms with van der Waals surface area (Å²) in [4.78, 5) is 4.19. The smallest absolute Gasteiger partial charge is 0.191 e. The lowest BCUT2D eigenvalue weighted by Crippen LogP contribution is -2.40. The van der Waals surface area contributed by atoms with Crippen LogP contribution in [-0.2, 0) is 6.54 Å². The van der Waals surface area contributed by atoms with Gasteiger partial charge in [0.1, 0.15) is 5.76 Å². The van der Waals surface area contributed by atoms with Gasteiger partial charge in [0.25, 0.3) is 0 Å². The van der Waals surface area contributed by atoms with Crippen LogP contribution >= 0.6 is 0 Å². The molecule has 0 radical (unpaired) electrons. The molecule has 112 valence electrons. The van der Waals surface area contributed by atoms with Gasteiger partial charge in [0.15, 0.2) is 5.96 Å². The molecule has 0 aliphatic heterocycles. The molecular formula is C14H24N4O2. The van der Waals surface area contributed by atoms with E-state index in [2.05, 4.69) is 20.8 Å². The number of aliphatic imine (C=N–C) groups is 1. The molecular weight excluding hydrogens is 256 g/mol. The van der Waals surface area contributed by atoms with E-state index in [4.69, 9.17) is 4.52 Å². The van der Waals surface area contributed by atoms with Crippen LogP contribution in [0.25, 0.3) is 0 Å². The second kappa shape index (κ2) is 6.74. The molecule has 0 saturated heterocycles. The predicted octanol–water partition coefficient (Wildman–Crippen LogP) is 1.12. The molecule has 2 unspecified atom stereocenters. The number of hydrogen-bond acceptors (Lipinski definition) is 4. The minimum absolute atomic E-state index is 0.178. The van der Waals surface area contributed by atoms with Gasteiger partial charge in [-0.15, -0.1) is 0 Å². The van der Waals surface area contributed by atoms with Gasteiger partial charge < -0.3 is 20.3 Å². The third kappa shape index (κ3) is 3.50. The van der Waals surface area contributed by atoms with Crippen LogP contribution in [0.15, 0.2) is 9.52 Å². The number of aliphatic hydroxyl groups excluding tert-OH is 1. The highest BCUT2D eigenvalue weighted by atomic mass is 16.5. The molecule has 0 aromatic carbocycles. The normalized spacial score (nSPS) is 23.1. The minimum Gasteiger partial charge on any atom is -0.393 e. The second-order valence-electron chi connectivity index (χ2n) is 5.37. The van der Waals surface area contributed by atoms with Gasteiger partial charge in [-0.2, -0.15) is 0 Å². The van der Waals surface area contributed by atoms with Gasteiger partial charge in [0.2, 0.25) is 0 Å². The monoisotopic (exact) mass is 280 g/mol. The van der Waals surface area contributed by atoms with Crippen molar-refractivity contribution in [3.05, 3.63) is 17.0 Å². The lowest BCUT2D eigenvalue weighted by molar-refractivity contribution is 0.134. The summed E-state index contributed by atoms with van der Waals surface area (Å²) in [5.41, 5.74) is 1.96. The first-order chi connectivity index (χ1) is 9.61. The van der Waals surface area contributed by atoms with Crippen molar-refractivity contribution < 1.29 is 9.63 Å². The Morgan fingerprint density at radius 3 is 2.75 bits per heavy atom. The van der Waals surface area contributed by atoms with Crippen LogP contribution in [0.1, 0.15) is 36.3 Å². The summed E-state index contributed by atoms with van der Waals surface area (Å²) in [6.45, 7) is 5.22. The number of nitrogens with one attached hydrogen (secondary N) is 2. The molecule has 2 atom stereocenters. The Morgan fingerprint density at radius 1 is 1.40 bits per heavy atom. The van der Waals surface area contributed by atoms with E-state index in [1.165, 1.54) is 0 Å². The maximum absolute atomic E-state index is 9.81. The molecule has 6 heteroatoms. The van der Waals surface area contributed by atoms with E-state index in [0.717, 1.165) is 48.8 Å². The Bertz CT molecular complexity index is 450. The molecule has 1 aromatic heterocycles.